The molecule has 6 heteroatoms. The van der Waals surface area contributed by atoms with Gasteiger partial charge < -0.3 is 20.4 Å². The molecule has 0 spiro atoms. The Balaban J connectivity index is 2.26. The van der Waals surface area contributed by atoms with E-state index in [1.54, 1.807) is 6.20 Å². The van der Waals surface area contributed by atoms with Gasteiger partial charge in [-0.2, -0.15) is 0 Å². The number of nitrogens with zero attached hydrogens (tertiary/aromatic N) is 1. The number of aliphatic hydroxyl groups is 1. The van der Waals surface area contributed by atoms with E-state index in [2.05, 4.69) is 20.3 Å². The minimum absolute atomic E-state index is 0.0203. The third kappa shape index (κ3) is 1.98. The third-order valence-electron chi connectivity index (χ3n) is 2.46. The van der Waals surface area contributed by atoms with Crippen LogP contribution in [0.3, 0.4) is 0 Å². The van der Waals surface area contributed by atoms with Gasteiger partial charge in [0.05, 0.1) is 18.5 Å². The molecule has 2 aromatic rings. The van der Waals surface area contributed by atoms with Gasteiger partial charge in [-0.3, -0.25) is 4.79 Å². The van der Waals surface area contributed by atoms with Crippen LogP contribution < -0.4 is 10.9 Å². The molecule has 86 valence electrons. The van der Waals surface area contributed by atoms with Gasteiger partial charge in [-0.15, -0.1) is 0 Å². The molecule has 2 rings (SSSR count). The fraction of sp³-hybridized carbons (Fsp3) is 0.400. The van der Waals surface area contributed by atoms with Crippen LogP contribution in [0.4, 0.5) is 0 Å². The predicted octanol–water partition coefficient (Wildman–Crippen LogP) is -0.278. The molecule has 0 aliphatic rings. The van der Waals surface area contributed by atoms with Crippen molar-refractivity contribution in [3.63, 3.8) is 0 Å². The van der Waals surface area contributed by atoms with Crippen molar-refractivity contribution >= 4 is 11.0 Å². The average molecular weight is 222 g/mol. The highest BCUT2D eigenvalue weighted by Gasteiger charge is 2.08. The zero-order valence-electron chi connectivity index (χ0n) is 8.95. The summed E-state index contributed by atoms with van der Waals surface area (Å²) in [5, 5.41) is 12.0. The molecule has 0 aromatic carbocycles. The molecule has 0 bridgehead atoms. The highest BCUT2D eigenvalue weighted by molar-refractivity contribution is 5.77. The van der Waals surface area contributed by atoms with Crippen molar-refractivity contribution in [2.45, 2.75) is 19.5 Å². The van der Waals surface area contributed by atoms with Crippen molar-refractivity contribution in [1.82, 2.24) is 20.3 Å². The standard InChI is InChI=1S/C10H14N4O2/c1-6(4-15)11-2-7-3-12-9-8(7)13-5-14-10(9)16/h3,5-6,11-12,15H,2,4H2,1H3,(H,13,14,16). The summed E-state index contributed by atoms with van der Waals surface area (Å²) in [6.45, 7) is 2.53. The van der Waals surface area contributed by atoms with Crippen LogP contribution >= 0.6 is 0 Å². The summed E-state index contributed by atoms with van der Waals surface area (Å²) in [4.78, 5) is 20.9. The Kier molecular flexibility index (Phi) is 3.02. The van der Waals surface area contributed by atoms with Gasteiger partial charge in [-0.05, 0) is 6.92 Å². The molecule has 0 fully saturated rings. The Morgan fingerprint density at radius 2 is 2.38 bits per heavy atom. The number of rotatable bonds is 4. The van der Waals surface area contributed by atoms with Crippen molar-refractivity contribution in [1.29, 1.82) is 0 Å². The van der Waals surface area contributed by atoms with E-state index < -0.39 is 0 Å². The highest BCUT2D eigenvalue weighted by Crippen LogP contribution is 2.10. The van der Waals surface area contributed by atoms with E-state index in [1.807, 2.05) is 6.92 Å². The Labute approximate surface area is 91.7 Å². The number of nitrogens with one attached hydrogen (secondary N) is 3. The quantitative estimate of drug-likeness (QED) is 0.572. The number of aromatic amines is 2. The monoisotopic (exact) mass is 222 g/mol. The molecule has 16 heavy (non-hydrogen) atoms. The Bertz CT molecular complexity index is 531. The lowest BCUT2D eigenvalue weighted by molar-refractivity contribution is 0.251. The van der Waals surface area contributed by atoms with Crippen LogP contribution in [0.1, 0.15) is 12.5 Å². The van der Waals surface area contributed by atoms with Gasteiger partial charge in [-0.1, -0.05) is 0 Å². The Morgan fingerprint density at radius 3 is 3.12 bits per heavy atom. The van der Waals surface area contributed by atoms with Gasteiger partial charge in [0.25, 0.3) is 5.56 Å². The van der Waals surface area contributed by atoms with Crippen LogP contribution in [-0.2, 0) is 6.54 Å². The maximum Gasteiger partial charge on any atom is 0.275 e. The molecule has 0 saturated heterocycles. The van der Waals surface area contributed by atoms with E-state index in [-0.39, 0.29) is 18.2 Å². The molecular weight excluding hydrogens is 208 g/mol. The number of hydrogen-bond acceptors (Lipinski definition) is 4. The van der Waals surface area contributed by atoms with E-state index >= 15 is 0 Å². The summed E-state index contributed by atoms with van der Waals surface area (Å²) < 4.78 is 0. The summed E-state index contributed by atoms with van der Waals surface area (Å²) in [7, 11) is 0. The summed E-state index contributed by atoms with van der Waals surface area (Å²) >= 11 is 0. The maximum atomic E-state index is 11.4. The molecule has 0 aliphatic carbocycles. The zero-order chi connectivity index (χ0) is 11.5. The van der Waals surface area contributed by atoms with Crippen molar-refractivity contribution in [3.8, 4) is 0 Å². The second-order valence-corrected chi connectivity index (χ2v) is 3.73. The average Bonchev–Trinajstić information content (AvgIpc) is 2.70. The number of H-pyrrole nitrogens is 2. The minimum atomic E-state index is -0.175. The fourth-order valence-corrected chi connectivity index (χ4v) is 1.49. The van der Waals surface area contributed by atoms with Crippen molar-refractivity contribution in [3.05, 3.63) is 28.4 Å². The molecule has 1 unspecified atom stereocenters. The number of aliphatic hydroxyl groups excluding tert-OH is 1. The lowest BCUT2D eigenvalue weighted by Crippen LogP contribution is -2.28. The van der Waals surface area contributed by atoms with Crippen molar-refractivity contribution in [2.75, 3.05) is 6.61 Å². The molecule has 0 aliphatic heterocycles. The minimum Gasteiger partial charge on any atom is -0.395 e. The first kappa shape index (κ1) is 10.8. The first-order chi connectivity index (χ1) is 7.72. The summed E-state index contributed by atoms with van der Waals surface area (Å²) in [6, 6.07) is 0.0203. The van der Waals surface area contributed by atoms with Gasteiger partial charge in [0.1, 0.15) is 5.52 Å². The second-order valence-electron chi connectivity index (χ2n) is 3.73. The first-order valence-corrected chi connectivity index (χ1v) is 5.10. The highest BCUT2D eigenvalue weighted by atomic mass is 16.3. The largest absolute Gasteiger partial charge is 0.395 e. The van der Waals surface area contributed by atoms with Crippen LogP contribution in [0.25, 0.3) is 11.0 Å². The molecule has 1 atom stereocenters. The van der Waals surface area contributed by atoms with E-state index in [9.17, 15) is 4.79 Å². The summed E-state index contributed by atoms with van der Waals surface area (Å²) in [5.74, 6) is 0. The number of hydrogen-bond donors (Lipinski definition) is 4. The molecule has 0 amide bonds. The van der Waals surface area contributed by atoms with Gasteiger partial charge >= 0.3 is 0 Å². The molecule has 0 radical (unpaired) electrons. The molecule has 6 nitrogen and oxygen atoms in total. The van der Waals surface area contributed by atoms with Crippen LogP contribution in [0.5, 0.6) is 0 Å². The fourth-order valence-electron chi connectivity index (χ4n) is 1.49. The maximum absolute atomic E-state index is 11.4. The van der Waals surface area contributed by atoms with E-state index in [0.717, 1.165) is 5.56 Å². The topological polar surface area (TPSA) is 93.8 Å². The third-order valence-corrected chi connectivity index (χ3v) is 2.46. The van der Waals surface area contributed by atoms with Gasteiger partial charge in [0, 0.05) is 24.3 Å². The first-order valence-electron chi connectivity index (χ1n) is 5.10. The van der Waals surface area contributed by atoms with E-state index in [4.69, 9.17) is 5.11 Å². The lowest BCUT2D eigenvalue weighted by Gasteiger charge is -2.09. The SMILES string of the molecule is CC(CO)NCc1c[nH]c2c(=O)[nH]cnc12. The predicted molar refractivity (Wildman–Crippen MR) is 60.1 cm³/mol. The van der Waals surface area contributed by atoms with Crippen LogP contribution in [0.2, 0.25) is 0 Å². The smallest absolute Gasteiger partial charge is 0.275 e. The van der Waals surface area contributed by atoms with Gasteiger partial charge in [-0.25, -0.2) is 4.98 Å². The van der Waals surface area contributed by atoms with E-state index in [1.165, 1.54) is 6.33 Å². The van der Waals surface area contributed by atoms with Crippen LogP contribution in [0, 0.1) is 0 Å². The van der Waals surface area contributed by atoms with Crippen molar-refractivity contribution < 1.29 is 5.11 Å². The summed E-state index contributed by atoms with van der Waals surface area (Å²) in [5.41, 5.74) is 1.89. The molecule has 2 aromatic heterocycles. The normalized spacial score (nSPS) is 13.1. The van der Waals surface area contributed by atoms with Crippen molar-refractivity contribution in [2.24, 2.45) is 0 Å². The molecular formula is C10H14N4O2. The molecule has 4 N–H and O–H groups in total. The van der Waals surface area contributed by atoms with E-state index in [0.29, 0.717) is 17.6 Å². The summed E-state index contributed by atoms with van der Waals surface area (Å²) in [6.07, 6.45) is 3.14. The van der Waals surface area contributed by atoms with Crippen LogP contribution in [0.15, 0.2) is 17.3 Å². The van der Waals surface area contributed by atoms with Crippen LogP contribution in [-0.4, -0.2) is 32.7 Å². The molecule has 0 saturated carbocycles. The zero-order valence-corrected chi connectivity index (χ0v) is 8.95. The Morgan fingerprint density at radius 1 is 1.56 bits per heavy atom. The van der Waals surface area contributed by atoms with Gasteiger partial charge in [0.2, 0.25) is 0 Å². The molecule has 2 heterocycles. The number of aromatic nitrogens is 3. The number of fused-ring (bicyclic) bond motifs is 1. The van der Waals surface area contributed by atoms with Gasteiger partial charge in [0.15, 0.2) is 0 Å². The Hall–Kier alpha value is -1.66. The second kappa shape index (κ2) is 4.46. The lowest BCUT2D eigenvalue weighted by atomic mass is 10.2.